The monoisotopic (exact) mass is 265 g/mol. The van der Waals surface area contributed by atoms with Gasteiger partial charge in [0.25, 0.3) is 0 Å². The average Bonchev–Trinajstić information content (AvgIpc) is 3.18. The maximum Gasteiger partial charge on any atom is 0.164 e. The molecule has 0 bridgehead atoms. The van der Waals surface area contributed by atoms with Crippen LogP contribution in [-0.4, -0.2) is 30.3 Å². The summed E-state index contributed by atoms with van der Waals surface area (Å²) in [7, 11) is 0. The summed E-state index contributed by atoms with van der Waals surface area (Å²) in [5.74, 6) is 1.07. The van der Waals surface area contributed by atoms with Gasteiger partial charge < -0.3 is 4.90 Å². The van der Waals surface area contributed by atoms with Crippen LogP contribution in [0, 0.1) is 5.92 Å². The maximum absolute atomic E-state index is 12.0. The number of halogens is 1. The zero-order valence-electron chi connectivity index (χ0n) is 10.9. The van der Waals surface area contributed by atoms with E-state index in [1.165, 1.54) is 12.8 Å². The maximum atomic E-state index is 12.0. The molecule has 1 aromatic carbocycles. The third-order valence-electron chi connectivity index (χ3n) is 3.46. The summed E-state index contributed by atoms with van der Waals surface area (Å²) < 4.78 is 0. The van der Waals surface area contributed by atoms with E-state index in [4.69, 9.17) is 11.6 Å². The first-order valence-corrected chi connectivity index (χ1v) is 7.08. The number of Topliss-reactive ketones (excluding diaryl/α,β-unsaturated/α-hetero) is 1. The van der Waals surface area contributed by atoms with Gasteiger partial charge >= 0.3 is 0 Å². The molecule has 0 saturated heterocycles. The van der Waals surface area contributed by atoms with Crippen molar-refractivity contribution < 1.29 is 4.79 Å². The molecule has 98 valence electrons. The van der Waals surface area contributed by atoms with Crippen LogP contribution in [0.15, 0.2) is 24.3 Å². The molecule has 0 unspecified atom stereocenters. The van der Waals surface area contributed by atoms with Crippen molar-refractivity contribution in [3.8, 4) is 0 Å². The molecule has 0 heterocycles. The van der Waals surface area contributed by atoms with E-state index in [9.17, 15) is 4.79 Å². The molecule has 0 aromatic heterocycles. The number of rotatable bonds is 7. The molecule has 1 aliphatic rings. The second kappa shape index (κ2) is 6.35. The molecule has 1 saturated carbocycles. The van der Waals surface area contributed by atoms with Gasteiger partial charge in [-0.15, -0.1) is 0 Å². The largest absolute Gasteiger partial charge is 0.303 e. The zero-order chi connectivity index (χ0) is 13.0. The van der Waals surface area contributed by atoms with Crippen LogP contribution in [0.2, 0.25) is 5.02 Å². The zero-order valence-corrected chi connectivity index (χ0v) is 11.6. The molecule has 1 fully saturated rings. The van der Waals surface area contributed by atoms with E-state index in [2.05, 4.69) is 11.8 Å². The standard InChI is InChI=1S/C15H20ClNO/c1-2-17(11-12-6-7-12)9-8-15(18)13-4-3-5-14(16)10-13/h3-5,10,12H,2,6-9,11H2,1H3. The van der Waals surface area contributed by atoms with Crippen LogP contribution in [0.1, 0.15) is 36.5 Å². The number of carbonyl (C=O) groups excluding carboxylic acids is 1. The Morgan fingerprint density at radius 1 is 1.44 bits per heavy atom. The Hall–Kier alpha value is -0.860. The van der Waals surface area contributed by atoms with E-state index in [1.54, 1.807) is 12.1 Å². The summed E-state index contributed by atoms with van der Waals surface area (Å²) in [6.45, 7) is 5.20. The van der Waals surface area contributed by atoms with E-state index in [0.717, 1.165) is 31.1 Å². The number of hydrogen-bond acceptors (Lipinski definition) is 2. The van der Waals surface area contributed by atoms with Crippen molar-refractivity contribution >= 4 is 17.4 Å². The van der Waals surface area contributed by atoms with E-state index in [-0.39, 0.29) is 5.78 Å². The number of benzene rings is 1. The van der Waals surface area contributed by atoms with Gasteiger partial charge in [-0.1, -0.05) is 30.7 Å². The van der Waals surface area contributed by atoms with Gasteiger partial charge in [-0.25, -0.2) is 0 Å². The van der Waals surface area contributed by atoms with Gasteiger partial charge in [0.15, 0.2) is 5.78 Å². The first kappa shape index (κ1) is 13.6. The van der Waals surface area contributed by atoms with Gasteiger partial charge in [0.1, 0.15) is 0 Å². The fraction of sp³-hybridized carbons (Fsp3) is 0.533. The lowest BCUT2D eigenvalue weighted by Crippen LogP contribution is -2.28. The third-order valence-corrected chi connectivity index (χ3v) is 3.70. The van der Waals surface area contributed by atoms with Crippen LogP contribution >= 0.6 is 11.6 Å². The number of ketones is 1. The van der Waals surface area contributed by atoms with E-state index in [1.807, 2.05) is 12.1 Å². The average molecular weight is 266 g/mol. The van der Waals surface area contributed by atoms with Crippen molar-refractivity contribution in [1.29, 1.82) is 0 Å². The molecule has 0 atom stereocenters. The van der Waals surface area contributed by atoms with Crippen LogP contribution in [0.25, 0.3) is 0 Å². The van der Waals surface area contributed by atoms with Crippen molar-refractivity contribution in [2.24, 2.45) is 5.92 Å². The smallest absolute Gasteiger partial charge is 0.164 e. The van der Waals surface area contributed by atoms with Crippen molar-refractivity contribution in [1.82, 2.24) is 4.90 Å². The summed E-state index contributed by atoms with van der Waals surface area (Å²) in [5.41, 5.74) is 0.727. The Morgan fingerprint density at radius 3 is 2.83 bits per heavy atom. The van der Waals surface area contributed by atoms with Gasteiger partial charge in [-0.3, -0.25) is 4.79 Å². The summed E-state index contributed by atoms with van der Waals surface area (Å²) >= 11 is 5.89. The molecular formula is C15H20ClNO. The molecule has 0 radical (unpaired) electrons. The van der Waals surface area contributed by atoms with Crippen LogP contribution in [0.3, 0.4) is 0 Å². The van der Waals surface area contributed by atoms with Crippen LogP contribution in [0.5, 0.6) is 0 Å². The predicted octanol–water partition coefficient (Wildman–Crippen LogP) is 3.64. The van der Waals surface area contributed by atoms with Crippen molar-refractivity contribution in [2.75, 3.05) is 19.6 Å². The lowest BCUT2D eigenvalue weighted by molar-refractivity contribution is 0.0964. The Morgan fingerprint density at radius 2 is 2.22 bits per heavy atom. The Kier molecular flexibility index (Phi) is 4.79. The first-order valence-electron chi connectivity index (χ1n) is 6.70. The highest BCUT2D eigenvalue weighted by molar-refractivity contribution is 6.31. The lowest BCUT2D eigenvalue weighted by Gasteiger charge is -2.19. The van der Waals surface area contributed by atoms with Crippen molar-refractivity contribution in [3.63, 3.8) is 0 Å². The molecule has 3 heteroatoms. The van der Waals surface area contributed by atoms with Crippen molar-refractivity contribution in [2.45, 2.75) is 26.2 Å². The van der Waals surface area contributed by atoms with E-state index >= 15 is 0 Å². The lowest BCUT2D eigenvalue weighted by atomic mass is 10.1. The SMILES string of the molecule is CCN(CCC(=O)c1cccc(Cl)c1)CC1CC1. The summed E-state index contributed by atoms with van der Waals surface area (Å²) in [6.07, 6.45) is 3.30. The fourth-order valence-corrected chi connectivity index (χ4v) is 2.30. The molecule has 0 amide bonds. The fourth-order valence-electron chi connectivity index (χ4n) is 2.11. The van der Waals surface area contributed by atoms with E-state index < -0.39 is 0 Å². The third kappa shape index (κ3) is 4.11. The second-order valence-corrected chi connectivity index (χ2v) is 5.46. The minimum atomic E-state index is 0.187. The molecule has 18 heavy (non-hydrogen) atoms. The highest BCUT2D eigenvalue weighted by atomic mass is 35.5. The molecule has 0 aliphatic heterocycles. The first-order chi connectivity index (χ1) is 8.69. The number of carbonyl (C=O) groups is 1. The molecule has 0 N–H and O–H groups in total. The molecular weight excluding hydrogens is 246 g/mol. The van der Waals surface area contributed by atoms with Crippen molar-refractivity contribution in [3.05, 3.63) is 34.9 Å². The van der Waals surface area contributed by atoms with Gasteiger partial charge in [0.05, 0.1) is 0 Å². The van der Waals surface area contributed by atoms with Gasteiger partial charge in [0.2, 0.25) is 0 Å². The second-order valence-electron chi connectivity index (χ2n) is 5.02. The number of hydrogen-bond donors (Lipinski definition) is 0. The van der Waals surface area contributed by atoms with Crippen LogP contribution in [0.4, 0.5) is 0 Å². The van der Waals surface area contributed by atoms with E-state index in [0.29, 0.717) is 11.4 Å². The van der Waals surface area contributed by atoms with Crippen LogP contribution < -0.4 is 0 Å². The molecule has 1 aliphatic carbocycles. The van der Waals surface area contributed by atoms with Gasteiger partial charge in [-0.2, -0.15) is 0 Å². The highest BCUT2D eigenvalue weighted by Crippen LogP contribution is 2.29. The summed E-state index contributed by atoms with van der Waals surface area (Å²) in [5, 5.41) is 0.631. The quantitative estimate of drug-likeness (QED) is 0.702. The minimum absolute atomic E-state index is 0.187. The molecule has 2 rings (SSSR count). The molecule has 1 aromatic rings. The minimum Gasteiger partial charge on any atom is -0.303 e. The molecule has 0 spiro atoms. The topological polar surface area (TPSA) is 20.3 Å². The number of nitrogens with zero attached hydrogens (tertiary/aromatic N) is 1. The Balaban J connectivity index is 1.82. The van der Waals surface area contributed by atoms with Gasteiger partial charge in [-0.05, 0) is 37.4 Å². The highest BCUT2D eigenvalue weighted by Gasteiger charge is 2.23. The Labute approximate surface area is 114 Å². The predicted molar refractivity (Wildman–Crippen MR) is 75.2 cm³/mol. The van der Waals surface area contributed by atoms with Crippen LogP contribution in [-0.2, 0) is 0 Å². The molecule has 2 nitrogen and oxygen atoms in total. The normalized spacial score (nSPS) is 15.1. The summed E-state index contributed by atoms with van der Waals surface area (Å²) in [6, 6.07) is 7.22. The Bertz CT molecular complexity index is 415. The van der Waals surface area contributed by atoms with Gasteiger partial charge in [0, 0.05) is 30.1 Å². The summed E-state index contributed by atoms with van der Waals surface area (Å²) in [4.78, 5) is 14.4.